The minimum Gasteiger partial charge on any atom is -0.494 e. The molecule has 0 saturated carbocycles. The van der Waals surface area contributed by atoms with Crippen LogP contribution in [-0.4, -0.2) is 33.6 Å². The van der Waals surface area contributed by atoms with Gasteiger partial charge in [0.05, 0.1) is 23.2 Å². The van der Waals surface area contributed by atoms with Crippen LogP contribution in [0.4, 0.5) is 0 Å². The Kier molecular flexibility index (Phi) is 7.80. The number of nitrogens with zero attached hydrogens (tertiary/aromatic N) is 3. The van der Waals surface area contributed by atoms with Crippen LogP contribution >= 0.6 is 0 Å². The molecule has 0 spiro atoms. The number of ether oxygens (including phenoxy) is 1. The van der Waals surface area contributed by atoms with Crippen molar-refractivity contribution in [1.29, 1.82) is 0 Å². The van der Waals surface area contributed by atoms with Gasteiger partial charge in [0.25, 0.3) is 5.91 Å². The quantitative estimate of drug-likeness (QED) is 0.308. The van der Waals surface area contributed by atoms with Gasteiger partial charge in [-0.15, -0.1) is 0 Å². The SMILES string of the molecule is CC(C)(C)c1ccc(OCCCn2c(CCCNC(=O)c3cccnc3)nc3ccccc32)cc1. The van der Waals surface area contributed by atoms with E-state index < -0.39 is 0 Å². The number of aromatic nitrogens is 3. The summed E-state index contributed by atoms with van der Waals surface area (Å²) in [7, 11) is 0. The highest BCUT2D eigenvalue weighted by Crippen LogP contribution is 2.24. The fourth-order valence-corrected chi connectivity index (χ4v) is 4.08. The van der Waals surface area contributed by atoms with Gasteiger partial charge < -0.3 is 14.6 Å². The number of imidazole rings is 1. The summed E-state index contributed by atoms with van der Waals surface area (Å²) in [4.78, 5) is 21.1. The van der Waals surface area contributed by atoms with Gasteiger partial charge in [0.15, 0.2) is 0 Å². The molecule has 0 fully saturated rings. The maximum absolute atomic E-state index is 12.2. The molecule has 35 heavy (non-hydrogen) atoms. The first-order valence-electron chi connectivity index (χ1n) is 12.3. The fourth-order valence-electron chi connectivity index (χ4n) is 4.08. The molecule has 0 bridgehead atoms. The van der Waals surface area contributed by atoms with E-state index in [9.17, 15) is 4.79 Å². The lowest BCUT2D eigenvalue weighted by molar-refractivity contribution is 0.0952. The summed E-state index contributed by atoms with van der Waals surface area (Å²) in [6, 6.07) is 20.2. The maximum Gasteiger partial charge on any atom is 0.252 e. The molecule has 6 nitrogen and oxygen atoms in total. The number of carbonyl (C=O) groups is 1. The number of hydrogen-bond acceptors (Lipinski definition) is 4. The molecule has 1 amide bonds. The predicted octanol–water partition coefficient (Wildman–Crippen LogP) is 5.56. The van der Waals surface area contributed by atoms with Crippen molar-refractivity contribution in [2.75, 3.05) is 13.2 Å². The Morgan fingerprint density at radius 1 is 1.00 bits per heavy atom. The number of pyridine rings is 1. The van der Waals surface area contributed by atoms with Gasteiger partial charge in [0, 0.05) is 31.9 Å². The Hall–Kier alpha value is -3.67. The zero-order valence-corrected chi connectivity index (χ0v) is 20.8. The van der Waals surface area contributed by atoms with E-state index in [4.69, 9.17) is 9.72 Å². The molecule has 182 valence electrons. The van der Waals surface area contributed by atoms with Gasteiger partial charge in [-0.2, -0.15) is 0 Å². The Labute approximate surface area is 207 Å². The van der Waals surface area contributed by atoms with E-state index in [0.29, 0.717) is 18.7 Å². The van der Waals surface area contributed by atoms with Crippen molar-refractivity contribution in [3.63, 3.8) is 0 Å². The van der Waals surface area contributed by atoms with Crippen LogP contribution in [0.3, 0.4) is 0 Å². The summed E-state index contributed by atoms with van der Waals surface area (Å²) >= 11 is 0. The third kappa shape index (κ3) is 6.47. The lowest BCUT2D eigenvalue weighted by Crippen LogP contribution is -2.25. The summed E-state index contributed by atoms with van der Waals surface area (Å²) in [6.07, 6.45) is 5.72. The molecule has 4 aromatic rings. The van der Waals surface area contributed by atoms with Crippen LogP contribution in [-0.2, 0) is 18.4 Å². The number of carbonyl (C=O) groups excluding carboxylic acids is 1. The molecule has 0 radical (unpaired) electrons. The minimum absolute atomic E-state index is 0.0979. The van der Waals surface area contributed by atoms with E-state index in [1.807, 2.05) is 18.2 Å². The highest BCUT2D eigenvalue weighted by molar-refractivity contribution is 5.93. The largest absolute Gasteiger partial charge is 0.494 e. The number of fused-ring (bicyclic) bond motifs is 1. The smallest absolute Gasteiger partial charge is 0.252 e. The molecule has 2 aromatic carbocycles. The molecule has 0 saturated heterocycles. The molecule has 0 atom stereocenters. The predicted molar refractivity (Wildman–Crippen MR) is 140 cm³/mol. The van der Waals surface area contributed by atoms with Crippen molar-refractivity contribution >= 4 is 16.9 Å². The lowest BCUT2D eigenvalue weighted by Gasteiger charge is -2.19. The molecule has 6 heteroatoms. The van der Waals surface area contributed by atoms with Crippen molar-refractivity contribution in [2.45, 2.75) is 52.0 Å². The Bertz CT molecular complexity index is 1240. The highest BCUT2D eigenvalue weighted by Gasteiger charge is 2.13. The second kappa shape index (κ2) is 11.2. The Morgan fingerprint density at radius 2 is 1.80 bits per heavy atom. The van der Waals surface area contributed by atoms with E-state index >= 15 is 0 Å². The number of rotatable bonds is 10. The zero-order valence-electron chi connectivity index (χ0n) is 20.8. The number of benzene rings is 2. The van der Waals surface area contributed by atoms with Gasteiger partial charge >= 0.3 is 0 Å². The normalized spacial score (nSPS) is 11.5. The van der Waals surface area contributed by atoms with E-state index in [0.717, 1.165) is 48.4 Å². The number of hydrogen-bond donors (Lipinski definition) is 1. The molecular weight excluding hydrogens is 436 g/mol. The van der Waals surface area contributed by atoms with Crippen molar-refractivity contribution in [3.05, 3.63) is 90.0 Å². The molecule has 4 rings (SSSR count). The van der Waals surface area contributed by atoms with Crippen molar-refractivity contribution < 1.29 is 9.53 Å². The molecule has 2 aromatic heterocycles. The average molecular weight is 471 g/mol. The van der Waals surface area contributed by atoms with Crippen LogP contribution in [0.25, 0.3) is 11.0 Å². The lowest BCUT2D eigenvalue weighted by atomic mass is 9.87. The molecule has 0 aliphatic carbocycles. The molecule has 1 N–H and O–H groups in total. The topological polar surface area (TPSA) is 69.0 Å². The van der Waals surface area contributed by atoms with E-state index in [2.05, 4.69) is 66.0 Å². The van der Waals surface area contributed by atoms with Crippen molar-refractivity contribution in [1.82, 2.24) is 19.9 Å². The van der Waals surface area contributed by atoms with Gasteiger partial charge in [0.2, 0.25) is 0 Å². The molecule has 0 unspecified atom stereocenters. The van der Waals surface area contributed by atoms with Crippen LogP contribution < -0.4 is 10.1 Å². The maximum atomic E-state index is 12.2. The standard InChI is InChI=1S/C29H34N4O2/c1-29(2,3)23-13-15-24(16-14-23)35-20-8-19-33-26-11-5-4-10-25(26)32-27(33)12-7-18-31-28(34)22-9-6-17-30-21-22/h4-6,9-11,13-17,21H,7-8,12,18-20H2,1-3H3,(H,31,34). The second-order valence-electron chi connectivity index (χ2n) is 9.75. The third-order valence-electron chi connectivity index (χ3n) is 6.04. The molecule has 2 heterocycles. The Morgan fingerprint density at radius 3 is 2.54 bits per heavy atom. The van der Waals surface area contributed by atoms with Gasteiger partial charge in [-0.05, 0) is 60.2 Å². The summed E-state index contributed by atoms with van der Waals surface area (Å²) in [6.45, 7) is 8.70. The fraction of sp³-hybridized carbons (Fsp3) is 0.345. The molecule has 0 aliphatic heterocycles. The Balaban J connectivity index is 1.31. The first-order valence-corrected chi connectivity index (χ1v) is 12.3. The first kappa shape index (κ1) is 24.5. The third-order valence-corrected chi connectivity index (χ3v) is 6.04. The van der Waals surface area contributed by atoms with E-state index in [1.165, 1.54) is 5.56 Å². The van der Waals surface area contributed by atoms with Crippen LogP contribution in [0.5, 0.6) is 5.75 Å². The number of para-hydroxylation sites is 2. The van der Waals surface area contributed by atoms with E-state index in [1.54, 1.807) is 24.5 Å². The van der Waals surface area contributed by atoms with Crippen LogP contribution in [0, 0.1) is 0 Å². The van der Waals surface area contributed by atoms with Gasteiger partial charge in [-0.1, -0.05) is 45.0 Å². The van der Waals surface area contributed by atoms with Crippen molar-refractivity contribution in [3.8, 4) is 5.75 Å². The van der Waals surface area contributed by atoms with E-state index in [-0.39, 0.29) is 11.3 Å². The zero-order chi connectivity index (χ0) is 24.7. The molecular formula is C29H34N4O2. The minimum atomic E-state index is -0.0979. The summed E-state index contributed by atoms with van der Waals surface area (Å²) in [5.74, 6) is 1.84. The van der Waals surface area contributed by atoms with Gasteiger partial charge in [0.1, 0.15) is 11.6 Å². The summed E-state index contributed by atoms with van der Waals surface area (Å²) < 4.78 is 8.29. The average Bonchev–Trinajstić information content (AvgIpc) is 3.22. The van der Waals surface area contributed by atoms with Crippen LogP contribution in [0.1, 0.15) is 55.4 Å². The number of amides is 1. The number of nitrogens with one attached hydrogen (secondary N) is 1. The number of aryl methyl sites for hydroxylation is 2. The highest BCUT2D eigenvalue weighted by atomic mass is 16.5. The summed E-state index contributed by atoms with van der Waals surface area (Å²) in [5.41, 5.74) is 4.15. The van der Waals surface area contributed by atoms with Crippen LogP contribution in [0.2, 0.25) is 0 Å². The monoisotopic (exact) mass is 470 g/mol. The molecule has 0 aliphatic rings. The van der Waals surface area contributed by atoms with Crippen molar-refractivity contribution in [2.24, 2.45) is 0 Å². The second-order valence-corrected chi connectivity index (χ2v) is 9.75. The van der Waals surface area contributed by atoms with Crippen LogP contribution in [0.15, 0.2) is 73.1 Å². The summed E-state index contributed by atoms with van der Waals surface area (Å²) in [5, 5.41) is 2.97. The first-order chi connectivity index (χ1) is 16.9. The van der Waals surface area contributed by atoms with Gasteiger partial charge in [-0.3, -0.25) is 9.78 Å². The van der Waals surface area contributed by atoms with Gasteiger partial charge in [-0.25, -0.2) is 4.98 Å².